The molecular weight excluding hydrogens is 270 g/mol. The third-order valence-corrected chi connectivity index (χ3v) is 3.76. The molecule has 0 amide bonds. The zero-order valence-electron chi connectivity index (χ0n) is 12.5. The van der Waals surface area contributed by atoms with Crippen molar-refractivity contribution in [3.8, 4) is 0 Å². The largest absolute Gasteiger partial charge is 0.370 e. The van der Waals surface area contributed by atoms with Crippen molar-refractivity contribution >= 4 is 17.6 Å². The van der Waals surface area contributed by atoms with Crippen molar-refractivity contribution < 1.29 is 0 Å². The highest BCUT2D eigenvalue weighted by atomic mass is 32.2. The topological polar surface area (TPSA) is 55.6 Å². The van der Waals surface area contributed by atoms with Gasteiger partial charge in [0.25, 0.3) is 0 Å². The number of aromatic nitrogens is 4. The Bertz CT molecular complexity index is 555. The summed E-state index contributed by atoms with van der Waals surface area (Å²) >= 11 is 1.62. The van der Waals surface area contributed by atoms with E-state index in [0.29, 0.717) is 0 Å². The maximum atomic E-state index is 4.62. The van der Waals surface area contributed by atoms with Gasteiger partial charge in [0, 0.05) is 26.1 Å². The summed E-state index contributed by atoms with van der Waals surface area (Å²) in [7, 11) is 1.95. The maximum Gasteiger partial charge on any atom is 0.132 e. The average Bonchev–Trinajstić information content (AvgIpc) is 2.68. The Hall–Kier alpha value is -1.56. The van der Waals surface area contributed by atoms with Gasteiger partial charge in [0.15, 0.2) is 0 Å². The predicted molar refractivity (Wildman–Crippen MR) is 82.3 cm³/mol. The molecule has 0 bridgehead atoms. The number of anilines is 1. The molecule has 0 aliphatic heterocycles. The molecule has 0 spiro atoms. The van der Waals surface area contributed by atoms with E-state index in [2.05, 4.69) is 40.3 Å². The molecule has 0 fully saturated rings. The summed E-state index contributed by atoms with van der Waals surface area (Å²) in [5.74, 6) is 1.79. The molecule has 0 aliphatic rings. The molecule has 108 valence electrons. The lowest BCUT2D eigenvalue weighted by molar-refractivity contribution is 0.691. The number of hydrogen-bond donors (Lipinski definition) is 1. The van der Waals surface area contributed by atoms with Crippen LogP contribution in [0.5, 0.6) is 0 Å². The quantitative estimate of drug-likeness (QED) is 0.829. The van der Waals surface area contributed by atoms with Crippen LogP contribution in [0.3, 0.4) is 0 Å². The van der Waals surface area contributed by atoms with Crippen LogP contribution in [0.15, 0.2) is 22.2 Å². The lowest BCUT2D eigenvalue weighted by atomic mass is 10.3. The summed E-state index contributed by atoms with van der Waals surface area (Å²) in [6.45, 7) is 7.06. The van der Waals surface area contributed by atoms with Gasteiger partial charge in [0.2, 0.25) is 0 Å². The zero-order chi connectivity index (χ0) is 14.5. The molecule has 0 aromatic carbocycles. The van der Waals surface area contributed by atoms with Gasteiger partial charge < -0.3 is 5.32 Å². The maximum absolute atomic E-state index is 4.62. The standard InChI is InChI=1S/C14H21N5S/c1-5-7-11-16-12(15-6-2)9-13(17-11)20-14-8-10(3)18-19(14)4/h8-9H,5-7H2,1-4H3,(H,15,16,17). The third-order valence-electron chi connectivity index (χ3n) is 2.75. The van der Waals surface area contributed by atoms with Gasteiger partial charge in [-0.25, -0.2) is 9.97 Å². The summed E-state index contributed by atoms with van der Waals surface area (Å²) in [4.78, 5) is 9.15. The fraction of sp³-hybridized carbons (Fsp3) is 0.500. The molecule has 1 N–H and O–H groups in total. The molecule has 0 radical (unpaired) electrons. The summed E-state index contributed by atoms with van der Waals surface area (Å²) in [5, 5.41) is 9.68. The third kappa shape index (κ3) is 3.72. The van der Waals surface area contributed by atoms with Crippen LogP contribution in [-0.4, -0.2) is 26.3 Å². The molecular formula is C14H21N5S. The lowest BCUT2D eigenvalue weighted by Gasteiger charge is -2.08. The van der Waals surface area contributed by atoms with Crippen LogP contribution < -0.4 is 5.32 Å². The molecule has 2 aromatic heterocycles. The second-order valence-electron chi connectivity index (χ2n) is 4.64. The molecule has 0 aliphatic carbocycles. The number of aryl methyl sites for hydroxylation is 3. The predicted octanol–water partition coefficient (Wildman–Crippen LogP) is 3.05. The van der Waals surface area contributed by atoms with Crippen molar-refractivity contribution in [3.05, 3.63) is 23.7 Å². The van der Waals surface area contributed by atoms with Gasteiger partial charge >= 0.3 is 0 Å². The van der Waals surface area contributed by atoms with E-state index in [1.54, 1.807) is 11.8 Å². The minimum absolute atomic E-state index is 0.859. The van der Waals surface area contributed by atoms with Gasteiger partial charge in [-0.3, -0.25) is 4.68 Å². The molecule has 2 heterocycles. The van der Waals surface area contributed by atoms with Crippen molar-refractivity contribution in [2.45, 2.75) is 43.7 Å². The second-order valence-corrected chi connectivity index (χ2v) is 5.68. The number of hydrogen-bond acceptors (Lipinski definition) is 5. The molecule has 2 aromatic rings. The Morgan fingerprint density at radius 1 is 1.25 bits per heavy atom. The molecule has 0 atom stereocenters. The summed E-state index contributed by atoms with van der Waals surface area (Å²) < 4.78 is 1.88. The van der Waals surface area contributed by atoms with E-state index < -0.39 is 0 Å². The van der Waals surface area contributed by atoms with Gasteiger partial charge in [-0.15, -0.1) is 0 Å². The zero-order valence-corrected chi connectivity index (χ0v) is 13.3. The van der Waals surface area contributed by atoms with E-state index in [9.17, 15) is 0 Å². The monoisotopic (exact) mass is 291 g/mol. The molecule has 6 heteroatoms. The highest BCUT2D eigenvalue weighted by molar-refractivity contribution is 7.99. The van der Waals surface area contributed by atoms with Gasteiger partial charge in [-0.1, -0.05) is 18.7 Å². The SMILES string of the molecule is CCCc1nc(NCC)cc(Sc2cc(C)nn2C)n1. The van der Waals surface area contributed by atoms with Crippen molar-refractivity contribution in [1.29, 1.82) is 0 Å². The van der Waals surface area contributed by atoms with Crippen molar-refractivity contribution in [3.63, 3.8) is 0 Å². The Morgan fingerprint density at radius 2 is 2.05 bits per heavy atom. The van der Waals surface area contributed by atoms with Gasteiger partial charge in [-0.2, -0.15) is 5.10 Å². The number of nitrogens with zero attached hydrogens (tertiary/aromatic N) is 4. The van der Waals surface area contributed by atoms with Gasteiger partial charge in [0.05, 0.1) is 5.69 Å². The van der Waals surface area contributed by atoms with Crippen LogP contribution in [-0.2, 0) is 13.5 Å². The molecule has 20 heavy (non-hydrogen) atoms. The van der Waals surface area contributed by atoms with E-state index >= 15 is 0 Å². The van der Waals surface area contributed by atoms with E-state index in [0.717, 1.165) is 46.8 Å². The molecule has 0 unspecified atom stereocenters. The van der Waals surface area contributed by atoms with Crippen LogP contribution in [0.4, 0.5) is 5.82 Å². The Balaban J connectivity index is 2.27. The number of nitrogens with one attached hydrogen (secondary N) is 1. The Morgan fingerprint density at radius 3 is 2.65 bits per heavy atom. The highest BCUT2D eigenvalue weighted by Gasteiger charge is 2.09. The van der Waals surface area contributed by atoms with E-state index in [1.165, 1.54) is 0 Å². The average molecular weight is 291 g/mol. The first kappa shape index (κ1) is 14.8. The molecule has 0 saturated heterocycles. The molecule has 5 nitrogen and oxygen atoms in total. The first-order chi connectivity index (χ1) is 9.62. The summed E-state index contributed by atoms with van der Waals surface area (Å²) in [5.41, 5.74) is 1.02. The fourth-order valence-electron chi connectivity index (χ4n) is 1.92. The van der Waals surface area contributed by atoms with E-state index in [-0.39, 0.29) is 0 Å². The highest BCUT2D eigenvalue weighted by Crippen LogP contribution is 2.27. The van der Waals surface area contributed by atoms with E-state index in [4.69, 9.17) is 0 Å². The van der Waals surface area contributed by atoms with Crippen LogP contribution in [0, 0.1) is 6.92 Å². The number of rotatable bonds is 6. The second kappa shape index (κ2) is 6.74. The Labute approximate surface area is 124 Å². The smallest absolute Gasteiger partial charge is 0.132 e. The minimum atomic E-state index is 0.859. The lowest BCUT2D eigenvalue weighted by Crippen LogP contribution is -2.04. The van der Waals surface area contributed by atoms with E-state index in [1.807, 2.05) is 24.7 Å². The van der Waals surface area contributed by atoms with Crippen LogP contribution in [0.2, 0.25) is 0 Å². The van der Waals surface area contributed by atoms with Crippen molar-refractivity contribution in [1.82, 2.24) is 19.7 Å². The summed E-state index contributed by atoms with van der Waals surface area (Å²) in [6.07, 6.45) is 1.95. The van der Waals surface area contributed by atoms with Crippen LogP contribution in [0.1, 0.15) is 31.8 Å². The minimum Gasteiger partial charge on any atom is -0.370 e. The normalized spacial score (nSPS) is 10.8. The van der Waals surface area contributed by atoms with Crippen molar-refractivity contribution in [2.75, 3.05) is 11.9 Å². The Kier molecular flexibility index (Phi) is 5.00. The van der Waals surface area contributed by atoms with Crippen molar-refractivity contribution in [2.24, 2.45) is 7.05 Å². The fourth-order valence-corrected chi connectivity index (χ4v) is 2.86. The molecule has 2 rings (SSSR count). The van der Waals surface area contributed by atoms with Gasteiger partial charge in [-0.05, 0) is 26.3 Å². The van der Waals surface area contributed by atoms with Crippen LogP contribution >= 0.6 is 11.8 Å². The first-order valence-electron chi connectivity index (χ1n) is 6.92. The van der Waals surface area contributed by atoms with Crippen LogP contribution in [0.25, 0.3) is 0 Å². The summed E-state index contributed by atoms with van der Waals surface area (Å²) in [6, 6.07) is 4.06. The molecule has 0 saturated carbocycles. The van der Waals surface area contributed by atoms with Gasteiger partial charge in [0.1, 0.15) is 21.7 Å². The first-order valence-corrected chi connectivity index (χ1v) is 7.74.